The van der Waals surface area contributed by atoms with Crippen molar-refractivity contribution in [1.29, 1.82) is 0 Å². The van der Waals surface area contributed by atoms with Crippen LogP contribution in [0.4, 0.5) is 0 Å². The van der Waals surface area contributed by atoms with Crippen LogP contribution in [0, 0.1) is 5.92 Å². The molecule has 1 heterocycles. The van der Waals surface area contributed by atoms with E-state index in [0.29, 0.717) is 0 Å². The number of nitrogens with zero attached hydrogens (tertiary/aromatic N) is 2. The van der Waals surface area contributed by atoms with Gasteiger partial charge in [0.15, 0.2) is 0 Å². The van der Waals surface area contributed by atoms with Gasteiger partial charge in [0.25, 0.3) is 0 Å². The minimum atomic E-state index is 0.893. The van der Waals surface area contributed by atoms with Crippen LogP contribution < -0.4 is 0 Å². The first kappa shape index (κ1) is 15.3. The van der Waals surface area contributed by atoms with Gasteiger partial charge in [-0.2, -0.15) is 0 Å². The van der Waals surface area contributed by atoms with Crippen molar-refractivity contribution < 1.29 is 0 Å². The van der Waals surface area contributed by atoms with Crippen molar-refractivity contribution in [3.63, 3.8) is 0 Å². The summed E-state index contributed by atoms with van der Waals surface area (Å²) < 4.78 is 1.24. The molecule has 0 bridgehead atoms. The maximum absolute atomic E-state index is 3.66. The molecule has 0 N–H and O–H groups in total. The molecule has 0 saturated carbocycles. The van der Waals surface area contributed by atoms with Crippen LogP contribution in [0.3, 0.4) is 0 Å². The molecule has 0 unspecified atom stereocenters. The van der Waals surface area contributed by atoms with Crippen LogP contribution in [-0.4, -0.2) is 42.5 Å². The molecule has 3 heteroatoms. The molecule has 1 aromatic rings. The maximum Gasteiger partial charge on any atom is 0.0246 e. The van der Waals surface area contributed by atoms with E-state index in [0.717, 1.165) is 12.5 Å². The van der Waals surface area contributed by atoms with Gasteiger partial charge in [-0.25, -0.2) is 0 Å². The van der Waals surface area contributed by atoms with Gasteiger partial charge in [-0.15, -0.1) is 0 Å². The van der Waals surface area contributed by atoms with E-state index in [-0.39, 0.29) is 0 Å². The topological polar surface area (TPSA) is 6.48 Å². The lowest BCUT2D eigenvalue weighted by Crippen LogP contribution is -2.47. The number of halogens is 1. The summed E-state index contributed by atoms with van der Waals surface area (Å²) in [5, 5.41) is 0. The van der Waals surface area contributed by atoms with E-state index in [1.165, 1.54) is 62.0 Å². The second-order valence-corrected chi connectivity index (χ2v) is 7.17. The fourth-order valence-electron chi connectivity index (χ4n) is 3.38. The molecule has 3 rings (SSSR count). The zero-order valence-corrected chi connectivity index (χ0v) is 14.3. The maximum atomic E-state index is 3.66. The lowest BCUT2D eigenvalue weighted by molar-refractivity contribution is 0.111. The number of hydrogen-bond donors (Lipinski definition) is 0. The first-order valence-corrected chi connectivity index (χ1v) is 8.93. The van der Waals surface area contributed by atoms with Crippen LogP contribution in [-0.2, 0) is 6.54 Å². The van der Waals surface area contributed by atoms with Gasteiger partial charge >= 0.3 is 0 Å². The third kappa shape index (κ3) is 4.41. The lowest BCUT2D eigenvalue weighted by Gasteiger charge is -2.36. The highest BCUT2D eigenvalue weighted by molar-refractivity contribution is 9.10. The lowest BCUT2D eigenvalue weighted by atomic mass is 9.94. The minimum Gasteiger partial charge on any atom is -0.301 e. The molecule has 0 aromatic heterocycles. The second-order valence-electron chi connectivity index (χ2n) is 6.32. The molecule has 1 atom stereocenters. The summed E-state index contributed by atoms with van der Waals surface area (Å²) in [6.07, 6.45) is 8.67. The molecule has 1 aliphatic carbocycles. The average molecular weight is 349 g/mol. The summed E-state index contributed by atoms with van der Waals surface area (Å²) in [6, 6.07) is 8.59. The molecule has 2 aliphatic rings. The second kappa shape index (κ2) is 7.57. The van der Waals surface area contributed by atoms with Crippen LogP contribution in [0.2, 0.25) is 0 Å². The summed E-state index contributed by atoms with van der Waals surface area (Å²) in [6.45, 7) is 7.22. The van der Waals surface area contributed by atoms with Crippen LogP contribution in [0.5, 0.6) is 0 Å². The molecule has 1 fully saturated rings. The highest BCUT2D eigenvalue weighted by atomic mass is 79.9. The van der Waals surface area contributed by atoms with Gasteiger partial charge < -0.3 is 4.90 Å². The summed E-state index contributed by atoms with van der Waals surface area (Å²) >= 11 is 3.66. The van der Waals surface area contributed by atoms with Crippen molar-refractivity contribution in [2.45, 2.75) is 25.8 Å². The number of allylic oxidation sites excluding steroid dienone is 2. The van der Waals surface area contributed by atoms with Crippen LogP contribution in [0.25, 0.3) is 0 Å². The first-order valence-electron chi connectivity index (χ1n) is 8.14. The van der Waals surface area contributed by atoms with Crippen molar-refractivity contribution in [1.82, 2.24) is 9.80 Å². The Bertz CT molecular complexity index is 478. The van der Waals surface area contributed by atoms with Crippen LogP contribution in [0.15, 0.2) is 40.9 Å². The van der Waals surface area contributed by atoms with E-state index >= 15 is 0 Å². The van der Waals surface area contributed by atoms with Gasteiger partial charge in [0.2, 0.25) is 0 Å². The molecule has 114 valence electrons. The summed E-state index contributed by atoms with van der Waals surface area (Å²) in [5.41, 5.74) is 1.41. The predicted molar refractivity (Wildman–Crippen MR) is 92.3 cm³/mol. The largest absolute Gasteiger partial charge is 0.301 e. The SMILES string of the molecule is Brc1ccccc1CN1CCN(C[C@@H]2CC=CCC2)CC1. The molecule has 0 spiro atoms. The Balaban J connectivity index is 1.44. The third-order valence-electron chi connectivity index (χ3n) is 4.71. The zero-order chi connectivity index (χ0) is 14.5. The molecule has 21 heavy (non-hydrogen) atoms. The number of piperazine rings is 1. The first-order chi connectivity index (χ1) is 10.3. The van der Waals surface area contributed by atoms with E-state index < -0.39 is 0 Å². The Hall–Kier alpha value is -0.640. The van der Waals surface area contributed by atoms with Gasteiger partial charge in [-0.05, 0) is 36.8 Å². The Morgan fingerprint density at radius 3 is 2.48 bits per heavy atom. The molecule has 1 aromatic carbocycles. The summed E-state index contributed by atoms with van der Waals surface area (Å²) in [4.78, 5) is 5.25. The highest BCUT2D eigenvalue weighted by Gasteiger charge is 2.20. The van der Waals surface area contributed by atoms with Crippen LogP contribution >= 0.6 is 15.9 Å². The molecule has 2 nitrogen and oxygen atoms in total. The van der Waals surface area contributed by atoms with E-state index in [2.05, 4.69) is 62.1 Å². The van der Waals surface area contributed by atoms with Crippen LogP contribution in [0.1, 0.15) is 24.8 Å². The summed E-state index contributed by atoms with van der Waals surface area (Å²) in [5.74, 6) is 0.893. The summed E-state index contributed by atoms with van der Waals surface area (Å²) in [7, 11) is 0. The fourth-order valence-corrected chi connectivity index (χ4v) is 3.79. The normalized spacial score (nSPS) is 24.3. The number of hydrogen-bond acceptors (Lipinski definition) is 2. The Kier molecular flexibility index (Phi) is 5.50. The fraction of sp³-hybridized carbons (Fsp3) is 0.556. The average Bonchev–Trinajstić information content (AvgIpc) is 2.52. The molecule has 1 saturated heterocycles. The predicted octanol–water partition coefficient (Wildman–Crippen LogP) is 3.92. The smallest absolute Gasteiger partial charge is 0.0246 e. The Labute approximate surface area is 136 Å². The van der Waals surface area contributed by atoms with Gasteiger partial charge in [-0.1, -0.05) is 46.3 Å². The van der Waals surface area contributed by atoms with Gasteiger partial charge in [0.1, 0.15) is 0 Å². The Morgan fingerprint density at radius 1 is 1.00 bits per heavy atom. The van der Waals surface area contributed by atoms with Crippen molar-refractivity contribution in [3.05, 3.63) is 46.5 Å². The van der Waals surface area contributed by atoms with Crippen molar-refractivity contribution >= 4 is 15.9 Å². The number of rotatable bonds is 4. The quantitative estimate of drug-likeness (QED) is 0.760. The van der Waals surface area contributed by atoms with E-state index in [1.807, 2.05) is 0 Å². The van der Waals surface area contributed by atoms with Gasteiger partial charge in [0, 0.05) is 43.7 Å². The number of benzene rings is 1. The minimum absolute atomic E-state index is 0.893. The molecule has 0 amide bonds. The molecular formula is C18H25BrN2. The molecule has 0 radical (unpaired) electrons. The molecular weight excluding hydrogens is 324 g/mol. The van der Waals surface area contributed by atoms with Gasteiger partial charge in [-0.3, -0.25) is 4.90 Å². The zero-order valence-electron chi connectivity index (χ0n) is 12.7. The van der Waals surface area contributed by atoms with Gasteiger partial charge in [0.05, 0.1) is 0 Å². The van der Waals surface area contributed by atoms with Crippen molar-refractivity contribution in [2.24, 2.45) is 5.92 Å². The Morgan fingerprint density at radius 2 is 1.76 bits per heavy atom. The van der Waals surface area contributed by atoms with E-state index in [4.69, 9.17) is 0 Å². The monoisotopic (exact) mass is 348 g/mol. The van der Waals surface area contributed by atoms with Crippen molar-refractivity contribution in [3.8, 4) is 0 Å². The molecule has 1 aliphatic heterocycles. The van der Waals surface area contributed by atoms with E-state index in [1.54, 1.807) is 0 Å². The highest BCUT2D eigenvalue weighted by Crippen LogP contribution is 2.21. The van der Waals surface area contributed by atoms with Crippen molar-refractivity contribution in [2.75, 3.05) is 32.7 Å². The van der Waals surface area contributed by atoms with E-state index in [9.17, 15) is 0 Å². The standard InChI is InChI=1S/C18H25BrN2/c19-18-9-5-4-8-17(18)15-21-12-10-20(11-13-21)14-16-6-2-1-3-7-16/h1-2,4-5,8-9,16H,3,6-7,10-15H2/t16-/m1/s1. The third-order valence-corrected chi connectivity index (χ3v) is 5.48.